The summed E-state index contributed by atoms with van der Waals surface area (Å²) in [6, 6.07) is 11.1. The molecule has 0 radical (unpaired) electrons. The summed E-state index contributed by atoms with van der Waals surface area (Å²) in [5.74, 6) is -3.84. The highest BCUT2D eigenvalue weighted by Gasteiger charge is 2.42. The van der Waals surface area contributed by atoms with Crippen molar-refractivity contribution in [2.45, 2.75) is 5.92 Å². The molecule has 0 spiro atoms. The maximum Gasteiger partial charge on any atom is 0.338 e. The highest BCUT2D eigenvalue weighted by atomic mass is 32.1. The van der Waals surface area contributed by atoms with Crippen LogP contribution in [0.1, 0.15) is 17.0 Å². The third kappa shape index (κ3) is 4.22. The summed E-state index contributed by atoms with van der Waals surface area (Å²) in [6.45, 7) is 0. The largest absolute Gasteiger partial charge is 0.466 e. The molecule has 14 heteroatoms. The average molecular weight is 538 g/mol. The molecular formula is C24H18N4O9S. The average Bonchev–Trinajstić information content (AvgIpc) is 3.23. The van der Waals surface area contributed by atoms with E-state index in [2.05, 4.69) is 0 Å². The number of thiazole rings is 1. The molecule has 0 aliphatic carbocycles. The molecule has 38 heavy (non-hydrogen) atoms. The number of rotatable bonds is 6. The molecule has 0 amide bonds. The molecule has 1 unspecified atom stereocenters. The van der Waals surface area contributed by atoms with Crippen LogP contribution >= 0.6 is 11.3 Å². The zero-order valence-electron chi connectivity index (χ0n) is 19.8. The summed E-state index contributed by atoms with van der Waals surface area (Å²) >= 11 is 0.765. The molecule has 0 fully saturated rings. The third-order valence-corrected chi connectivity index (χ3v) is 6.93. The number of benzene rings is 2. The van der Waals surface area contributed by atoms with Gasteiger partial charge in [-0.1, -0.05) is 30.3 Å². The topological polar surface area (TPSA) is 187 Å². The number of nitrogens with zero attached hydrogens (tertiary/aromatic N) is 3. The molecule has 1 atom stereocenters. The molecule has 1 aliphatic heterocycles. The lowest BCUT2D eigenvalue weighted by Crippen LogP contribution is -2.41. The van der Waals surface area contributed by atoms with Crippen molar-refractivity contribution in [2.24, 2.45) is 5.73 Å². The molecule has 2 aromatic carbocycles. The Morgan fingerprint density at radius 1 is 0.947 bits per heavy atom. The van der Waals surface area contributed by atoms with E-state index < -0.39 is 44.8 Å². The van der Waals surface area contributed by atoms with Crippen LogP contribution in [0.15, 0.2) is 58.9 Å². The van der Waals surface area contributed by atoms with Gasteiger partial charge in [0.05, 0.1) is 51.2 Å². The Kier molecular flexibility index (Phi) is 6.90. The number of carbonyl (C=O) groups is 2. The number of nitro groups is 2. The van der Waals surface area contributed by atoms with Gasteiger partial charge < -0.3 is 15.2 Å². The van der Waals surface area contributed by atoms with Crippen LogP contribution in [0, 0.1) is 20.2 Å². The number of para-hydroxylation sites is 2. The molecular weight excluding hydrogens is 520 g/mol. The highest BCUT2D eigenvalue weighted by molar-refractivity contribution is 7.07. The molecule has 4 rings (SSSR count). The van der Waals surface area contributed by atoms with Crippen molar-refractivity contribution in [1.82, 2.24) is 4.57 Å². The molecule has 2 heterocycles. The SMILES string of the molecule is COC(=O)C1=C(N)n2c(sc(=Cc3ccccc3[N+](=O)[O-])c2=O)=C(C(=O)OC)C1c1ccccc1[N+](=O)[O-]. The smallest absolute Gasteiger partial charge is 0.338 e. The summed E-state index contributed by atoms with van der Waals surface area (Å²) in [5, 5.41) is 23.3. The van der Waals surface area contributed by atoms with Crippen LogP contribution in [0.5, 0.6) is 0 Å². The Hall–Kier alpha value is -5.11. The summed E-state index contributed by atoms with van der Waals surface area (Å²) in [7, 11) is 2.12. The minimum atomic E-state index is -1.42. The van der Waals surface area contributed by atoms with Gasteiger partial charge in [-0.2, -0.15) is 0 Å². The molecule has 194 valence electrons. The van der Waals surface area contributed by atoms with Crippen LogP contribution in [0.4, 0.5) is 11.4 Å². The Labute approximate surface area is 216 Å². The maximum atomic E-state index is 13.5. The fourth-order valence-corrected chi connectivity index (χ4v) is 5.35. The molecule has 1 aliphatic rings. The van der Waals surface area contributed by atoms with Gasteiger partial charge in [-0.05, 0) is 12.1 Å². The second-order valence-electron chi connectivity index (χ2n) is 7.82. The second-order valence-corrected chi connectivity index (χ2v) is 8.85. The number of aromatic nitrogens is 1. The number of hydrogen-bond donors (Lipinski definition) is 1. The fourth-order valence-electron chi connectivity index (χ4n) is 4.19. The quantitative estimate of drug-likeness (QED) is 0.269. The monoisotopic (exact) mass is 538 g/mol. The van der Waals surface area contributed by atoms with Gasteiger partial charge >= 0.3 is 11.9 Å². The van der Waals surface area contributed by atoms with E-state index in [1.807, 2.05) is 0 Å². The van der Waals surface area contributed by atoms with Gasteiger partial charge in [0.2, 0.25) is 0 Å². The molecule has 3 aromatic rings. The highest BCUT2D eigenvalue weighted by Crippen LogP contribution is 2.41. The van der Waals surface area contributed by atoms with Gasteiger partial charge in [0.25, 0.3) is 16.9 Å². The van der Waals surface area contributed by atoms with Gasteiger partial charge in [-0.3, -0.25) is 29.6 Å². The molecule has 1 aromatic heterocycles. The number of methoxy groups -OCH3 is 2. The van der Waals surface area contributed by atoms with E-state index in [0.29, 0.717) is 0 Å². The van der Waals surface area contributed by atoms with Crippen molar-refractivity contribution < 1.29 is 28.9 Å². The number of hydrogen-bond acceptors (Lipinski definition) is 11. The van der Waals surface area contributed by atoms with Crippen molar-refractivity contribution in [3.8, 4) is 0 Å². The first-order valence-electron chi connectivity index (χ1n) is 10.7. The normalized spacial score (nSPS) is 15.2. The van der Waals surface area contributed by atoms with Crippen molar-refractivity contribution in [3.63, 3.8) is 0 Å². The van der Waals surface area contributed by atoms with Gasteiger partial charge in [-0.25, -0.2) is 9.59 Å². The van der Waals surface area contributed by atoms with E-state index in [-0.39, 0.29) is 37.2 Å². The van der Waals surface area contributed by atoms with Crippen LogP contribution in [0.3, 0.4) is 0 Å². The summed E-state index contributed by atoms with van der Waals surface area (Å²) in [6.07, 6.45) is 1.26. The Balaban J connectivity index is 2.19. The van der Waals surface area contributed by atoms with E-state index in [1.54, 1.807) is 6.07 Å². The van der Waals surface area contributed by atoms with Crippen molar-refractivity contribution in [2.75, 3.05) is 14.2 Å². The maximum absolute atomic E-state index is 13.5. The zero-order chi connectivity index (χ0) is 27.7. The van der Waals surface area contributed by atoms with E-state index >= 15 is 0 Å². The lowest BCUT2D eigenvalue weighted by atomic mass is 9.82. The van der Waals surface area contributed by atoms with Crippen LogP contribution in [0.2, 0.25) is 0 Å². The van der Waals surface area contributed by atoms with Crippen molar-refractivity contribution in [3.05, 3.63) is 105 Å². The Morgan fingerprint density at radius 3 is 2.11 bits per heavy atom. The number of esters is 2. The summed E-state index contributed by atoms with van der Waals surface area (Å²) in [5.41, 5.74) is 4.26. The second kappa shape index (κ2) is 10.1. The Morgan fingerprint density at radius 2 is 1.50 bits per heavy atom. The number of carbonyl (C=O) groups excluding carboxylic acids is 2. The van der Waals surface area contributed by atoms with Gasteiger partial charge in [0.1, 0.15) is 10.5 Å². The summed E-state index contributed by atoms with van der Waals surface area (Å²) in [4.78, 5) is 61.6. The van der Waals surface area contributed by atoms with Gasteiger partial charge in [0.15, 0.2) is 0 Å². The van der Waals surface area contributed by atoms with Crippen LogP contribution in [-0.4, -0.2) is 40.6 Å². The molecule has 0 saturated carbocycles. The van der Waals surface area contributed by atoms with E-state index in [4.69, 9.17) is 15.2 Å². The fraction of sp³-hybridized carbons (Fsp3) is 0.125. The number of ether oxygens (including phenoxy) is 2. The van der Waals surface area contributed by atoms with Crippen LogP contribution < -0.4 is 20.5 Å². The lowest BCUT2D eigenvalue weighted by Gasteiger charge is -2.26. The zero-order valence-corrected chi connectivity index (χ0v) is 20.6. The molecule has 0 saturated heterocycles. The lowest BCUT2D eigenvalue weighted by molar-refractivity contribution is -0.385. The number of nitro benzene ring substituents is 2. The van der Waals surface area contributed by atoms with Crippen molar-refractivity contribution in [1.29, 1.82) is 0 Å². The van der Waals surface area contributed by atoms with E-state index in [9.17, 15) is 34.6 Å². The van der Waals surface area contributed by atoms with Crippen LogP contribution in [-0.2, 0) is 19.1 Å². The number of fused-ring (bicyclic) bond motifs is 1. The summed E-state index contributed by atoms with van der Waals surface area (Å²) < 4.78 is 10.6. The minimum Gasteiger partial charge on any atom is -0.466 e. The first-order valence-corrected chi connectivity index (χ1v) is 11.5. The molecule has 13 nitrogen and oxygen atoms in total. The van der Waals surface area contributed by atoms with Gasteiger partial charge in [-0.15, -0.1) is 11.3 Å². The van der Waals surface area contributed by atoms with Crippen molar-refractivity contribution >= 4 is 52.1 Å². The first kappa shape index (κ1) is 26.0. The van der Waals surface area contributed by atoms with E-state index in [0.717, 1.165) is 30.1 Å². The predicted octanol–water partition coefficient (Wildman–Crippen LogP) is 0.976. The first-order chi connectivity index (χ1) is 18.1. The molecule has 0 bridgehead atoms. The number of nitrogens with two attached hydrogens (primary N) is 1. The van der Waals surface area contributed by atoms with E-state index in [1.165, 1.54) is 48.5 Å². The predicted molar refractivity (Wildman–Crippen MR) is 135 cm³/mol. The minimum absolute atomic E-state index is 0.0499. The Bertz CT molecular complexity index is 1740. The molecule has 2 N–H and O–H groups in total. The van der Waals surface area contributed by atoms with Crippen LogP contribution in [0.25, 0.3) is 17.5 Å². The van der Waals surface area contributed by atoms with Gasteiger partial charge in [0, 0.05) is 17.7 Å². The standard InChI is InChI=1S/C24H18N4O9S/c1-36-23(30)18-17(13-8-4-6-10-15(13)28(34)35)19(24(31)37-2)22-26(20(18)25)21(29)16(38-22)11-12-7-3-5-9-14(12)27(32)33/h3-11,17H,25H2,1-2H3. The third-order valence-electron chi connectivity index (χ3n) is 5.82.